The van der Waals surface area contributed by atoms with E-state index in [-0.39, 0.29) is 19.4 Å². The summed E-state index contributed by atoms with van der Waals surface area (Å²) in [6.07, 6.45) is 3.25. The third kappa shape index (κ3) is 11.2. The Morgan fingerprint density at radius 2 is 1.83 bits per heavy atom. The molecule has 0 fully saturated rings. The van der Waals surface area contributed by atoms with Gasteiger partial charge in [0.05, 0.1) is 26.4 Å². The summed E-state index contributed by atoms with van der Waals surface area (Å²) in [4.78, 5) is 32.0. The number of hydrogen-bond donors (Lipinski definition) is 0. The molecule has 9 heteroatoms. The lowest BCUT2D eigenvalue weighted by Crippen LogP contribution is -2.49. The highest BCUT2D eigenvalue weighted by atomic mass is 19.1. The first-order valence-electron chi connectivity index (χ1n) is 14.0. The summed E-state index contributed by atoms with van der Waals surface area (Å²) in [7, 11) is 1.41. The summed E-state index contributed by atoms with van der Waals surface area (Å²) in [6.45, 7) is 9.57. The molecule has 1 aliphatic heterocycles. The molecule has 2 atom stereocenters. The van der Waals surface area contributed by atoms with E-state index in [4.69, 9.17) is 18.9 Å². The summed E-state index contributed by atoms with van der Waals surface area (Å²) in [6, 6.07) is 12.4. The van der Waals surface area contributed by atoms with Crippen molar-refractivity contribution >= 4 is 17.6 Å². The first-order valence-corrected chi connectivity index (χ1v) is 14.0. The van der Waals surface area contributed by atoms with Gasteiger partial charge in [0.1, 0.15) is 23.4 Å². The number of rotatable bonds is 12. The van der Waals surface area contributed by atoms with Gasteiger partial charge in [0, 0.05) is 31.8 Å². The van der Waals surface area contributed by atoms with Gasteiger partial charge in [0.25, 0.3) is 0 Å². The van der Waals surface area contributed by atoms with Crippen LogP contribution in [0.3, 0.4) is 0 Å². The zero-order chi connectivity index (χ0) is 30.0. The standard InChI is InChI=1S/C32H43FN2O6/c1-31(2,3)41-30(37)35(6)28(19-32(4,5)33)29(36)40-27(22-39-21-23-10-8-7-9-11-23)18-26-13-12-25(20-34-26)24-14-16-38-17-15-24/h7-14,20,27-28H,15-19,21-22H2,1-6H3. The van der Waals surface area contributed by atoms with Gasteiger partial charge in [-0.05, 0) is 63.8 Å². The second-order valence-electron chi connectivity index (χ2n) is 11.9. The van der Waals surface area contributed by atoms with E-state index >= 15 is 0 Å². The molecule has 224 valence electrons. The molecule has 1 aromatic heterocycles. The van der Waals surface area contributed by atoms with Crippen LogP contribution in [-0.2, 0) is 36.8 Å². The van der Waals surface area contributed by atoms with Crippen LogP contribution in [0.4, 0.5) is 9.18 Å². The van der Waals surface area contributed by atoms with Crippen molar-refractivity contribution in [2.75, 3.05) is 26.9 Å². The number of ether oxygens (including phenoxy) is 4. The Kier molecular flexibility index (Phi) is 11.4. The Morgan fingerprint density at radius 1 is 1.10 bits per heavy atom. The molecular formula is C32H43FN2O6. The van der Waals surface area contributed by atoms with Crippen molar-refractivity contribution in [1.29, 1.82) is 0 Å². The van der Waals surface area contributed by atoms with E-state index in [0.717, 1.165) is 22.4 Å². The number of pyridine rings is 1. The van der Waals surface area contributed by atoms with Gasteiger partial charge in [-0.3, -0.25) is 9.88 Å². The lowest BCUT2D eigenvalue weighted by Gasteiger charge is -2.32. The molecule has 0 saturated carbocycles. The van der Waals surface area contributed by atoms with Crippen molar-refractivity contribution in [3.8, 4) is 0 Å². The third-order valence-electron chi connectivity index (χ3n) is 6.39. The maximum Gasteiger partial charge on any atom is 0.410 e. The largest absolute Gasteiger partial charge is 0.458 e. The lowest BCUT2D eigenvalue weighted by atomic mass is 10.00. The molecule has 41 heavy (non-hydrogen) atoms. The first kappa shape index (κ1) is 32.2. The van der Waals surface area contributed by atoms with Crippen molar-refractivity contribution in [2.45, 2.75) is 83.9 Å². The average molecular weight is 571 g/mol. The molecule has 8 nitrogen and oxygen atoms in total. The van der Waals surface area contributed by atoms with Crippen molar-refractivity contribution in [3.05, 3.63) is 71.6 Å². The van der Waals surface area contributed by atoms with Gasteiger partial charge in [-0.15, -0.1) is 0 Å². The van der Waals surface area contributed by atoms with Crippen molar-refractivity contribution in [1.82, 2.24) is 9.88 Å². The molecule has 2 aromatic rings. The van der Waals surface area contributed by atoms with Gasteiger partial charge in [0.15, 0.2) is 0 Å². The Labute approximate surface area is 242 Å². The third-order valence-corrected chi connectivity index (χ3v) is 6.39. The normalized spacial score (nSPS) is 15.4. The molecular weight excluding hydrogens is 527 g/mol. The fourth-order valence-electron chi connectivity index (χ4n) is 4.32. The lowest BCUT2D eigenvalue weighted by molar-refractivity contribution is -0.159. The molecule has 0 bridgehead atoms. The molecule has 2 unspecified atom stereocenters. The summed E-state index contributed by atoms with van der Waals surface area (Å²) in [5.74, 6) is -0.735. The van der Waals surface area contributed by atoms with Crippen LogP contribution >= 0.6 is 0 Å². The highest BCUT2D eigenvalue weighted by molar-refractivity contribution is 5.81. The van der Waals surface area contributed by atoms with Crippen molar-refractivity contribution < 1.29 is 32.9 Å². The SMILES string of the molecule is CN(C(=O)OC(C)(C)C)C(CC(C)(C)F)C(=O)OC(COCc1ccccc1)Cc1ccc(C2=CCOCC2)cn1. The summed E-state index contributed by atoms with van der Waals surface area (Å²) in [5.41, 5.74) is 1.38. The number of likely N-dealkylation sites (N-methyl/N-ethyl adjacent to an activating group) is 1. The summed E-state index contributed by atoms with van der Waals surface area (Å²) < 4.78 is 37.4. The van der Waals surface area contributed by atoms with Gasteiger partial charge in [0.2, 0.25) is 0 Å². The molecule has 2 heterocycles. The second kappa shape index (κ2) is 14.5. The number of nitrogens with zero attached hydrogens (tertiary/aromatic N) is 2. The maximum absolute atomic E-state index is 14.8. The predicted molar refractivity (Wildman–Crippen MR) is 155 cm³/mol. The molecule has 0 radical (unpaired) electrons. The van der Waals surface area contributed by atoms with Crippen LogP contribution in [0, 0.1) is 0 Å². The van der Waals surface area contributed by atoms with Crippen LogP contribution in [0.2, 0.25) is 0 Å². The van der Waals surface area contributed by atoms with E-state index in [9.17, 15) is 14.0 Å². The quantitative estimate of drug-likeness (QED) is 0.292. The number of amides is 1. The summed E-state index contributed by atoms with van der Waals surface area (Å²) >= 11 is 0. The van der Waals surface area contributed by atoms with Crippen LogP contribution in [0.5, 0.6) is 0 Å². The monoisotopic (exact) mass is 570 g/mol. The van der Waals surface area contributed by atoms with Crippen LogP contribution in [0.15, 0.2) is 54.7 Å². The van der Waals surface area contributed by atoms with E-state index in [1.807, 2.05) is 42.5 Å². The topological polar surface area (TPSA) is 87.2 Å². The van der Waals surface area contributed by atoms with E-state index in [0.29, 0.717) is 25.5 Å². The van der Waals surface area contributed by atoms with E-state index in [1.165, 1.54) is 26.5 Å². The first-order chi connectivity index (χ1) is 19.3. The Morgan fingerprint density at radius 3 is 2.41 bits per heavy atom. The Balaban J connectivity index is 1.76. The van der Waals surface area contributed by atoms with E-state index < -0.39 is 35.5 Å². The number of carbonyl (C=O) groups excluding carboxylic acids is 2. The van der Waals surface area contributed by atoms with Gasteiger partial charge >= 0.3 is 12.1 Å². The smallest absolute Gasteiger partial charge is 0.410 e. The number of carbonyl (C=O) groups is 2. The fourth-order valence-corrected chi connectivity index (χ4v) is 4.32. The maximum atomic E-state index is 14.8. The van der Waals surface area contributed by atoms with Gasteiger partial charge in [-0.25, -0.2) is 14.0 Å². The van der Waals surface area contributed by atoms with Crippen LogP contribution in [0.25, 0.3) is 5.57 Å². The van der Waals surface area contributed by atoms with Crippen LogP contribution in [-0.4, -0.2) is 72.2 Å². The van der Waals surface area contributed by atoms with Crippen molar-refractivity contribution in [3.63, 3.8) is 0 Å². The second-order valence-corrected chi connectivity index (χ2v) is 11.9. The van der Waals surface area contributed by atoms with Crippen LogP contribution in [0.1, 0.15) is 64.3 Å². The number of hydrogen-bond acceptors (Lipinski definition) is 7. The molecule has 0 saturated heterocycles. The van der Waals surface area contributed by atoms with E-state index in [2.05, 4.69) is 11.1 Å². The zero-order valence-electron chi connectivity index (χ0n) is 25.0. The van der Waals surface area contributed by atoms with Gasteiger partial charge < -0.3 is 18.9 Å². The Bertz CT molecular complexity index is 1160. The van der Waals surface area contributed by atoms with Gasteiger partial charge in [-0.2, -0.15) is 0 Å². The summed E-state index contributed by atoms with van der Waals surface area (Å²) in [5, 5.41) is 0. The number of alkyl halides is 1. The predicted octanol–water partition coefficient (Wildman–Crippen LogP) is 5.93. The number of aromatic nitrogens is 1. The molecule has 1 aliphatic rings. The molecule has 0 spiro atoms. The minimum absolute atomic E-state index is 0.0917. The van der Waals surface area contributed by atoms with Crippen LogP contribution < -0.4 is 0 Å². The molecule has 0 aliphatic carbocycles. The van der Waals surface area contributed by atoms with Gasteiger partial charge in [-0.1, -0.05) is 42.5 Å². The number of halogens is 1. The molecule has 3 rings (SSSR count). The zero-order valence-corrected chi connectivity index (χ0v) is 25.0. The highest BCUT2D eigenvalue weighted by Gasteiger charge is 2.37. The highest BCUT2D eigenvalue weighted by Crippen LogP contribution is 2.24. The molecule has 1 aromatic carbocycles. The minimum Gasteiger partial charge on any atom is -0.458 e. The molecule has 0 N–H and O–H groups in total. The minimum atomic E-state index is -1.74. The number of esters is 1. The Hall–Kier alpha value is -3.30. The average Bonchev–Trinajstić information content (AvgIpc) is 2.91. The number of benzene rings is 1. The van der Waals surface area contributed by atoms with Crippen molar-refractivity contribution in [2.24, 2.45) is 0 Å². The van der Waals surface area contributed by atoms with E-state index in [1.54, 1.807) is 27.0 Å². The molecule has 1 amide bonds. The fraction of sp³-hybridized carbons (Fsp3) is 0.531.